The lowest BCUT2D eigenvalue weighted by atomic mass is 10.2. The number of amides is 2. The highest BCUT2D eigenvalue weighted by atomic mass is 32.2. The Labute approximate surface area is 180 Å². The summed E-state index contributed by atoms with van der Waals surface area (Å²) in [5, 5.41) is 5.11. The molecule has 0 atom stereocenters. The average Bonchev–Trinajstić information content (AvgIpc) is 3.08. The summed E-state index contributed by atoms with van der Waals surface area (Å²) in [5.74, 6) is -0.669. The van der Waals surface area contributed by atoms with Gasteiger partial charge in [0.25, 0.3) is 0 Å². The highest BCUT2D eigenvalue weighted by Crippen LogP contribution is 2.19. The summed E-state index contributed by atoms with van der Waals surface area (Å²) in [6.07, 6.45) is 0.862. The maximum Gasteiger partial charge on any atom is 0.246 e. The van der Waals surface area contributed by atoms with Crippen LogP contribution in [0.25, 0.3) is 11.0 Å². The van der Waals surface area contributed by atoms with Gasteiger partial charge in [-0.05, 0) is 37.6 Å². The molecule has 10 heteroatoms. The van der Waals surface area contributed by atoms with Gasteiger partial charge in [0.15, 0.2) is 0 Å². The molecule has 31 heavy (non-hydrogen) atoms. The molecule has 0 bridgehead atoms. The molecular formula is C21H25N5O4S. The van der Waals surface area contributed by atoms with Crippen molar-refractivity contribution in [1.29, 1.82) is 0 Å². The third-order valence-electron chi connectivity index (χ3n) is 4.55. The largest absolute Gasteiger partial charge is 0.346 e. The number of aryl methyl sites for hydroxylation is 2. The zero-order chi connectivity index (χ0) is 22.4. The van der Waals surface area contributed by atoms with Crippen molar-refractivity contribution in [3.63, 3.8) is 0 Å². The molecule has 3 N–H and O–H groups in total. The summed E-state index contributed by atoms with van der Waals surface area (Å²) in [4.78, 5) is 28.8. The first-order chi connectivity index (χ1) is 14.8. The summed E-state index contributed by atoms with van der Waals surface area (Å²) in [6.45, 7) is 3.78. The molecular weight excluding hydrogens is 418 g/mol. The molecule has 0 radical (unpaired) electrons. The van der Waals surface area contributed by atoms with Crippen LogP contribution in [0.15, 0.2) is 53.4 Å². The van der Waals surface area contributed by atoms with Gasteiger partial charge >= 0.3 is 0 Å². The smallest absolute Gasteiger partial charge is 0.246 e. The third kappa shape index (κ3) is 5.68. The van der Waals surface area contributed by atoms with Crippen LogP contribution >= 0.6 is 0 Å². The number of aromatic nitrogens is 2. The van der Waals surface area contributed by atoms with E-state index in [9.17, 15) is 18.0 Å². The van der Waals surface area contributed by atoms with Gasteiger partial charge in [-0.1, -0.05) is 36.8 Å². The molecule has 0 aliphatic carbocycles. The van der Waals surface area contributed by atoms with Gasteiger partial charge in [-0.25, -0.2) is 18.1 Å². The zero-order valence-corrected chi connectivity index (χ0v) is 18.2. The summed E-state index contributed by atoms with van der Waals surface area (Å²) in [6, 6.07) is 13.8. The lowest BCUT2D eigenvalue weighted by Gasteiger charge is -2.10. The van der Waals surface area contributed by atoms with Crippen LogP contribution in [0, 0.1) is 6.92 Å². The van der Waals surface area contributed by atoms with Crippen LogP contribution in [0.2, 0.25) is 0 Å². The molecule has 1 aromatic heterocycles. The Hall–Kier alpha value is -3.24. The Morgan fingerprint density at radius 1 is 1.00 bits per heavy atom. The van der Waals surface area contributed by atoms with Crippen molar-refractivity contribution in [2.24, 2.45) is 0 Å². The molecule has 0 spiro atoms. The van der Waals surface area contributed by atoms with Gasteiger partial charge in [0.1, 0.15) is 0 Å². The van der Waals surface area contributed by atoms with Gasteiger partial charge in [-0.15, -0.1) is 0 Å². The van der Waals surface area contributed by atoms with Crippen LogP contribution in [0.5, 0.6) is 0 Å². The quantitative estimate of drug-likeness (QED) is 0.465. The molecule has 2 amide bonds. The Morgan fingerprint density at radius 3 is 2.42 bits per heavy atom. The van der Waals surface area contributed by atoms with E-state index in [1.165, 1.54) is 12.1 Å². The first-order valence-electron chi connectivity index (χ1n) is 9.88. The van der Waals surface area contributed by atoms with E-state index in [1.807, 2.05) is 42.7 Å². The van der Waals surface area contributed by atoms with Gasteiger partial charge in [0.05, 0.1) is 29.0 Å². The van der Waals surface area contributed by atoms with Crippen molar-refractivity contribution < 1.29 is 18.0 Å². The molecule has 0 saturated carbocycles. The standard InChI is InChI=1S/C21H25N5O4S/c1-3-12-26-18-7-5-4-6-17(18)24-21(26)25-20(28)13-22-19(27)14-23-31(29,30)16-10-8-15(2)9-11-16/h4-11,23H,3,12-14H2,1-2H3,(H,22,27)(H,24,25,28). The van der Waals surface area contributed by atoms with Crippen molar-refractivity contribution in [1.82, 2.24) is 19.6 Å². The van der Waals surface area contributed by atoms with E-state index in [0.717, 1.165) is 23.0 Å². The Balaban J connectivity index is 1.54. The van der Waals surface area contributed by atoms with Crippen LogP contribution in [0.4, 0.5) is 5.95 Å². The molecule has 164 valence electrons. The predicted molar refractivity (Wildman–Crippen MR) is 118 cm³/mol. The SMILES string of the molecule is CCCn1c(NC(=O)CNC(=O)CNS(=O)(=O)c2ccc(C)cc2)nc2ccccc21. The van der Waals surface area contributed by atoms with Gasteiger partial charge in [-0.3, -0.25) is 14.9 Å². The molecule has 0 aliphatic rings. The number of benzene rings is 2. The summed E-state index contributed by atoms with van der Waals surface area (Å²) in [7, 11) is -3.81. The van der Waals surface area contributed by atoms with Gasteiger partial charge in [0, 0.05) is 6.54 Å². The van der Waals surface area contributed by atoms with Gasteiger partial charge in [-0.2, -0.15) is 0 Å². The highest BCUT2D eigenvalue weighted by molar-refractivity contribution is 7.89. The van der Waals surface area contributed by atoms with E-state index >= 15 is 0 Å². The second-order valence-electron chi connectivity index (χ2n) is 7.04. The molecule has 0 saturated heterocycles. The van der Waals surface area contributed by atoms with E-state index in [0.29, 0.717) is 12.5 Å². The maximum atomic E-state index is 12.3. The lowest BCUT2D eigenvalue weighted by Crippen LogP contribution is -2.40. The first-order valence-corrected chi connectivity index (χ1v) is 11.4. The number of nitrogens with zero attached hydrogens (tertiary/aromatic N) is 2. The number of carbonyl (C=O) groups excluding carboxylic acids is 2. The van der Waals surface area contributed by atoms with Crippen molar-refractivity contribution >= 4 is 38.8 Å². The summed E-state index contributed by atoms with van der Waals surface area (Å²) in [5.41, 5.74) is 2.60. The van der Waals surface area contributed by atoms with Crippen LogP contribution in [0.3, 0.4) is 0 Å². The molecule has 0 unspecified atom stereocenters. The minimum atomic E-state index is -3.81. The minimum absolute atomic E-state index is 0.0680. The van der Waals surface area contributed by atoms with Crippen molar-refractivity contribution in [3.8, 4) is 0 Å². The fraction of sp³-hybridized carbons (Fsp3) is 0.286. The number of rotatable bonds is 9. The van der Waals surface area contributed by atoms with E-state index < -0.39 is 28.4 Å². The van der Waals surface area contributed by atoms with E-state index in [2.05, 4.69) is 20.3 Å². The van der Waals surface area contributed by atoms with Crippen molar-refractivity contribution in [2.45, 2.75) is 31.7 Å². The average molecular weight is 444 g/mol. The second-order valence-corrected chi connectivity index (χ2v) is 8.81. The Kier molecular flexibility index (Phi) is 7.03. The fourth-order valence-electron chi connectivity index (χ4n) is 2.99. The Morgan fingerprint density at radius 2 is 1.71 bits per heavy atom. The van der Waals surface area contributed by atoms with Crippen LogP contribution < -0.4 is 15.4 Å². The van der Waals surface area contributed by atoms with Gasteiger partial charge in [0.2, 0.25) is 27.8 Å². The summed E-state index contributed by atoms with van der Waals surface area (Å²) < 4.78 is 28.6. The summed E-state index contributed by atoms with van der Waals surface area (Å²) >= 11 is 0. The number of para-hydroxylation sites is 2. The Bertz CT molecular complexity index is 1190. The number of carbonyl (C=O) groups is 2. The van der Waals surface area contributed by atoms with Crippen molar-refractivity contribution in [2.75, 3.05) is 18.4 Å². The van der Waals surface area contributed by atoms with E-state index in [1.54, 1.807) is 12.1 Å². The highest BCUT2D eigenvalue weighted by Gasteiger charge is 2.16. The molecule has 0 fully saturated rings. The fourth-order valence-corrected chi connectivity index (χ4v) is 3.97. The first kappa shape index (κ1) is 22.4. The number of fused-ring (bicyclic) bond motifs is 1. The van der Waals surface area contributed by atoms with Crippen molar-refractivity contribution in [3.05, 3.63) is 54.1 Å². The maximum absolute atomic E-state index is 12.3. The number of hydrogen-bond acceptors (Lipinski definition) is 5. The number of nitrogens with one attached hydrogen (secondary N) is 3. The lowest BCUT2D eigenvalue weighted by molar-refractivity contribution is -0.123. The molecule has 9 nitrogen and oxygen atoms in total. The number of sulfonamides is 1. The predicted octanol–water partition coefficient (Wildman–Crippen LogP) is 1.79. The number of imidazole rings is 1. The van der Waals surface area contributed by atoms with E-state index in [4.69, 9.17) is 0 Å². The zero-order valence-electron chi connectivity index (χ0n) is 17.4. The molecule has 3 aromatic rings. The number of hydrogen-bond donors (Lipinski definition) is 3. The third-order valence-corrected chi connectivity index (χ3v) is 5.97. The molecule has 2 aromatic carbocycles. The second kappa shape index (κ2) is 9.71. The minimum Gasteiger partial charge on any atom is -0.346 e. The number of anilines is 1. The molecule has 3 rings (SSSR count). The van der Waals surface area contributed by atoms with Gasteiger partial charge < -0.3 is 9.88 Å². The monoisotopic (exact) mass is 443 g/mol. The van der Waals surface area contributed by atoms with Crippen LogP contribution in [-0.4, -0.2) is 42.9 Å². The molecule has 0 aliphatic heterocycles. The topological polar surface area (TPSA) is 122 Å². The normalized spacial score (nSPS) is 11.4. The molecule has 1 heterocycles. The van der Waals surface area contributed by atoms with Crippen LogP contribution in [0.1, 0.15) is 18.9 Å². The van der Waals surface area contributed by atoms with Crippen LogP contribution in [-0.2, 0) is 26.2 Å². The van der Waals surface area contributed by atoms with E-state index in [-0.39, 0.29) is 11.4 Å².